The van der Waals surface area contributed by atoms with Crippen LogP contribution >= 0.6 is 11.6 Å². The Labute approximate surface area is 184 Å². The number of benzene rings is 2. The van der Waals surface area contributed by atoms with Gasteiger partial charge in [-0.2, -0.15) is 0 Å². The van der Waals surface area contributed by atoms with Crippen molar-refractivity contribution < 1.29 is 17.9 Å². The van der Waals surface area contributed by atoms with Crippen LogP contribution in [0, 0.1) is 0 Å². The maximum atomic E-state index is 12.8. The number of para-hydroxylation sites is 1. The van der Waals surface area contributed by atoms with Crippen LogP contribution in [-0.2, 0) is 14.8 Å². The fourth-order valence-electron chi connectivity index (χ4n) is 3.19. The van der Waals surface area contributed by atoms with E-state index in [1.54, 1.807) is 31.2 Å². The van der Waals surface area contributed by atoms with Crippen LogP contribution in [0.3, 0.4) is 0 Å². The first-order valence-corrected chi connectivity index (χ1v) is 12.1. The standard InChI is InChI=1S/C22H29ClN2O4S/c1-5-20(25(30(4,27)28)18-12-10-17(23)11-13-18)22(26)24-14-15-29-21-9-7-6-8-19(21)16(2)3/h6-13,16,20H,5,14-15H2,1-4H3,(H,24,26)/t20-/m0/s1. The number of anilines is 1. The van der Waals surface area contributed by atoms with E-state index in [4.69, 9.17) is 16.3 Å². The van der Waals surface area contributed by atoms with Crippen molar-refractivity contribution in [2.24, 2.45) is 0 Å². The van der Waals surface area contributed by atoms with Gasteiger partial charge in [0, 0.05) is 5.02 Å². The number of ether oxygens (including phenoxy) is 1. The number of nitrogens with zero attached hydrogens (tertiary/aromatic N) is 1. The Morgan fingerprint density at radius 2 is 1.77 bits per heavy atom. The van der Waals surface area contributed by atoms with Crippen molar-refractivity contribution in [1.29, 1.82) is 0 Å². The van der Waals surface area contributed by atoms with Crippen molar-refractivity contribution in [3.8, 4) is 5.75 Å². The van der Waals surface area contributed by atoms with Gasteiger partial charge in [0.05, 0.1) is 18.5 Å². The first-order chi connectivity index (χ1) is 14.1. The van der Waals surface area contributed by atoms with Crippen molar-refractivity contribution in [2.75, 3.05) is 23.7 Å². The number of rotatable bonds is 10. The largest absolute Gasteiger partial charge is 0.491 e. The van der Waals surface area contributed by atoms with E-state index in [0.717, 1.165) is 21.9 Å². The lowest BCUT2D eigenvalue weighted by atomic mass is 10.0. The molecular weight excluding hydrogens is 424 g/mol. The van der Waals surface area contributed by atoms with Gasteiger partial charge >= 0.3 is 0 Å². The van der Waals surface area contributed by atoms with Gasteiger partial charge in [-0.05, 0) is 48.2 Å². The zero-order chi connectivity index (χ0) is 22.3. The molecule has 0 unspecified atom stereocenters. The van der Waals surface area contributed by atoms with Gasteiger partial charge in [0.2, 0.25) is 15.9 Å². The third kappa shape index (κ3) is 6.37. The normalized spacial score (nSPS) is 12.5. The zero-order valence-corrected chi connectivity index (χ0v) is 19.3. The molecule has 0 spiro atoms. The first kappa shape index (κ1) is 24.0. The lowest BCUT2D eigenvalue weighted by Crippen LogP contribution is -2.50. The number of hydrogen-bond donors (Lipinski definition) is 1. The summed E-state index contributed by atoms with van der Waals surface area (Å²) in [5.41, 5.74) is 1.49. The molecule has 0 aromatic heterocycles. The molecule has 2 aromatic rings. The lowest BCUT2D eigenvalue weighted by Gasteiger charge is -2.30. The van der Waals surface area contributed by atoms with Crippen LogP contribution < -0.4 is 14.4 Å². The Hall–Kier alpha value is -2.25. The van der Waals surface area contributed by atoms with E-state index in [0.29, 0.717) is 23.0 Å². The van der Waals surface area contributed by atoms with Gasteiger partial charge < -0.3 is 10.1 Å². The maximum Gasteiger partial charge on any atom is 0.244 e. The van der Waals surface area contributed by atoms with Crippen molar-refractivity contribution in [3.05, 3.63) is 59.1 Å². The minimum atomic E-state index is -3.68. The van der Waals surface area contributed by atoms with Crippen LogP contribution in [0.2, 0.25) is 5.02 Å². The predicted octanol–water partition coefficient (Wildman–Crippen LogP) is 4.20. The summed E-state index contributed by atoms with van der Waals surface area (Å²) in [7, 11) is -3.68. The summed E-state index contributed by atoms with van der Waals surface area (Å²) in [4.78, 5) is 12.8. The van der Waals surface area contributed by atoms with E-state index in [-0.39, 0.29) is 19.1 Å². The first-order valence-electron chi connectivity index (χ1n) is 9.89. The van der Waals surface area contributed by atoms with Gasteiger partial charge in [-0.1, -0.05) is 50.6 Å². The van der Waals surface area contributed by atoms with Crippen LogP contribution in [0.5, 0.6) is 5.75 Å². The van der Waals surface area contributed by atoms with Gasteiger partial charge in [0.1, 0.15) is 18.4 Å². The third-order valence-electron chi connectivity index (χ3n) is 4.61. The van der Waals surface area contributed by atoms with Gasteiger partial charge in [-0.3, -0.25) is 9.10 Å². The summed E-state index contributed by atoms with van der Waals surface area (Å²) in [5.74, 6) is 0.731. The molecule has 0 aliphatic heterocycles. The molecule has 1 atom stereocenters. The fraction of sp³-hybridized carbons (Fsp3) is 0.409. The smallest absolute Gasteiger partial charge is 0.244 e. The summed E-state index contributed by atoms with van der Waals surface area (Å²) in [6, 6.07) is 13.3. The molecule has 0 bridgehead atoms. The van der Waals surface area contributed by atoms with E-state index in [1.165, 1.54) is 0 Å². The van der Waals surface area contributed by atoms with Crippen molar-refractivity contribution in [1.82, 2.24) is 5.32 Å². The number of carbonyl (C=O) groups is 1. The number of halogens is 1. The molecule has 8 heteroatoms. The van der Waals surface area contributed by atoms with E-state index in [2.05, 4.69) is 19.2 Å². The number of amides is 1. The second-order valence-corrected chi connectivity index (χ2v) is 9.59. The Bertz CT molecular complexity index is 946. The average Bonchev–Trinajstić information content (AvgIpc) is 2.69. The number of hydrogen-bond acceptors (Lipinski definition) is 4. The van der Waals surface area contributed by atoms with Crippen LogP contribution in [0.25, 0.3) is 0 Å². The lowest BCUT2D eigenvalue weighted by molar-refractivity contribution is -0.122. The molecule has 6 nitrogen and oxygen atoms in total. The SMILES string of the molecule is CC[C@@H](C(=O)NCCOc1ccccc1C(C)C)N(c1ccc(Cl)cc1)S(C)(=O)=O. The minimum Gasteiger partial charge on any atom is -0.491 e. The molecule has 2 aromatic carbocycles. The molecule has 30 heavy (non-hydrogen) atoms. The molecular formula is C22H29ClN2O4S. The van der Waals surface area contributed by atoms with E-state index in [1.807, 2.05) is 24.3 Å². The molecule has 0 saturated heterocycles. The van der Waals surface area contributed by atoms with Crippen molar-refractivity contribution in [2.45, 2.75) is 39.2 Å². The second kappa shape index (κ2) is 10.7. The molecule has 0 aliphatic rings. The van der Waals surface area contributed by atoms with E-state index < -0.39 is 16.1 Å². The summed E-state index contributed by atoms with van der Waals surface area (Å²) < 4.78 is 31.8. The molecule has 164 valence electrons. The summed E-state index contributed by atoms with van der Waals surface area (Å²) >= 11 is 5.91. The molecule has 1 amide bonds. The van der Waals surface area contributed by atoms with E-state index in [9.17, 15) is 13.2 Å². The van der Waals surface area contributed by atoms with Crippen LogP contribution in [0.15, 0.2) is 48.5 Å². The fourth-order valence-corrected chi connectivity index (χ4v) is 4.53. The third-order valence-corrected chi connectivity index (χ3v) is 6.04. The summed E-state index contributed by atoms with van der Waals surface area (Å²) in [5, 5.41) is 3.28. The van der Waals surface area contributed by atoms with E-state index >= 15 is 0 Å². The second-order valence-electron chi connectivity index (χ2n) is 7.29. The van der Waals surface area contributed by atoms with Crippen molar-refractivity contribution >= 4 is 33.2 Å². The highest BCUT2D eigenvalue weighted by atomic mass is 35.5. The van der Waals surface area contributed by atoms with Crippen LogP contribution in [0.4, 0.5) is 5.69 Å². The monoisotopic (exact) mass is 452 g/mol. The van der Waals surface area contributed by atoms with Gasteiger partial charge in [-0.25, -0.2) is 8.42 Å². The maximum absolute atomic E-state index is 12.8. The van der Waals surface area contributed by atoms with Gasteiger partial charge in [0.25, 0.3) is 0 Å². The molecule has 1 N–H and O–H groups in total. The number of carbonyl (C=O) groups excluding carboxylic acids is 1. The molecule has 0 radical (unpaired) electrons. The highest BCUT2D eigenvalue weighted by molar-refractivity contribution is 7.92. The molecule has 0 saturated carbocycles. The van der Waals surface area contributed by atoms with Gasteiger partial charge in [0.15, 0.2) is 0 Å². The Kier molecular flexibility index (Phi) is 8.55. The summed E-state index contributed by atoms with van der Waals surface area (Å²) in [6.45, 7) is 6.50. The average molecular weight is 453 g/mol. The number of nitrogens with one attached hydrogen (secondary N) is 1. The Balaban J connectivity index is 2.05. The highest BCUT2D eigenvalue weighted by Crippen LogP contribution is 2.26. The molecule has 0 aliphatic carbocycles. The molecule has 0 fully saturated rings. The quantitative estimate of drug-likeness (QED) is 0.548. The highest BCUT2D eigenvalue weighted by Gasteiger charge is 2.31. The van der Waals surface area contributed by atoms with Gasteiger partial charge in [-0.15, -0.1) is 0 Å². The topological polar surface area (TPSA) is 75.7 Å². The Morgan fingerprint density at radius 3 is 2.33 bits per heavy atom. The zero-order valence-electron chi connectivity index (χ0n) is 17.8. The Morgan fingerprint density at radius 1 is 1.13 bits per heavy atom. The van der Waals surface area contributed by atoms with Crippen LogP contribution in [-0.4, -0.2) is 39.8 Å². The number of sulfonamides is 1. The molecule has 2 rings (SSSR count). The predicted molar refractivity (Wildman–Crippen MR) is 122 cm³/mol. The molecule has 0 heterocycles. The minimum absolute atomic E-state index is 0.264. The van der Waals surface area contributed by atoms with Crippen LogP contribution in [0.1, 0.15) is 38.7 Å². The summed E-state index contributed by atoms with van der Waals surface area (Å²) in [6.07, 6.45) is 1.40. The van der Waals surface area contributed by atoms with Crippen molar-refractivity contribution in [3.63, 3.8) is 0 Å².